The van der Waals surface area contributed by atoms with E-state index in [1.165, 1.54) is 27.3 Å². The Morgan fingerprint density at radius 2 is 1.84 bits per heavy atom. The number of carbonyl (C=O) groups excluding carboxylic acids is 1. The molecule has 2 heterocycles. The van der Waals surface area contributed by atoms with Crippen LogP contribution in [0.5, 0.6) is 0 Å². The van der Waals surface area contributed by atoms with E-state index in [1.807, 2.05) is 13.8 Å². The van der Waals surface area contributed by atoms with Gasteiger partial charge in [-0.2, -0.15) is 13.5 Å². The van der Waals surface area contributed by atoms with E-state index < -0.39 is 16.2 Å². The fourth-order valence-electron chi connectivity index (χ4n) is 3.65. The molecule has 12 heteroatoms. The third-order valence-electron chi connectivity index (χ3n) is 5.19. The number of amides is 2. The average Bonchev–Trinajstić information content (AvgIpc) is 3.14. The number of urea groups is 1. The Morgan fingerprint density at radius 3 is 2.34 bits per heavy atom. The van der Waals surface area contributed by atoms with Gasteiger partial charge in [0, 0.05) is 32.1 Å². The summed E-state index contributed by atoms with van der Waals surface area (Å²) in [5.41, 5.74) is 1.60. The van der Waals surface area contributed by atoms with Crippen molar-refractivity contribution in [2.75, 3.05) is 22.8 Å². The van der Waals surface area contributed by atoms with Gasteiger partial charge < -0.3 is 10.1 Å². The van der Waals surface area contributed by atoms with Crippen LogP contribution >= 0.6 is 0 Å². The topological polar surface area (TPSA) is 106 Å². The number of nitrogens with one attached hydrogen (secondary N) is 2. The molecule has 172 valence electrons. The normalized spacial score (nSPS) is 14.5. The number of aryl methyl sites for hydroxylation is 3. The van der Waals surface area contributed by atoms with E-state index in [4.69, 9.17) is 4.74 Å². The Labute approximate surface area is 210 Å². The fraction of sp³-hybridized carbons (Fsp3) is 0.500. The second-order valence-electron chi connectivity index (χ2n) is 7.39. The van der Waals surface area contributed by atoms with Crippen LogP contribution in [0, 0.1) is 5.82 Å². The van der Waals surface area contributed by atoms with Gasteiger partial charge in [0.1, 0.15) is 5.82 Å². The van der Waals surface area contributed by atoms with Gasteiger partial charge in [0.25, 0.3) is 0 Å². The molecular formula is C20H29FN5NaO4S. The number of carbonyl (C=O) groups is 1. The van der Waals surface area contributed by atoms with Crippen LogP contribution in [-0.2, 0) is 34.8 Å². The van der Waals surface area contributed by atoms with Gasteiger partial charge in [-0.3, -0.25) is 4.68 Å². The van der Waals surface area contributed by atoms with Crippen molar-refractivity contribution >= 4 is 57.2 Å². The van der Waals surface area contributed by atoms with Gasteiger partial charge >= 0.3 is 45.8 Å². The quantitative estimate of drug-likeness (QED) is 0.594. The summed E-state index contributed by atoms with van der Waals surface area (Å²) in [6, 6.07) is 1.74. The molecule has 1 aromatic heterocycles. The zero-order valence-electron chi connectivity index (χ0n) is 17.9. The summed E-state index contributed by atoms with van der Waals surface area (Å²) < 4.78 is 50.7. The molecule has 32 heavy (non-hydrogen) atoms. The summed E-state index contributed by atoms with van der Waals surface area (Å²) in [7, 11) is -2.55. The van der Waals surface area contributed by atoms with Crippen LogP contribution < -0.4 is 14.3 Å². The van der Waals surface area contributed by atoms with Crippen molar-refractivity contribution in [2.24, 2.45) is 7.05 Å². The van der Waals surface area contributed by atoms with Crippen molar-refractivity contribution in [3.63, 3.8) is 0 Å². The van der Waals surface area contributed by atoms with Gasteiger partial charge in [-0.15, -0.1) is 0 Å². The second-order valence-corrected chi connectivity index (χ2v) is 8.94. The molecule has 0 bridgehead atoms. The zero-order valence-corrected chi connectivity index (χ0v) is 18.7. The second kappa shape index (κ2) is 11.5. The maximum absolute atomic E-state index is 14.3. The minimum atomic E-state index is -4.23. The van der Waals surface area contributed by atoms with Crippen LogP contribution in [0.3, 0.4) is 0 Å². The number of benzene rings is 1. The van der Waals surface area contributed by atoms with Gasteiger partial charge in [-0.1, -0.05) is 13.8 Å². The molecule has 0 atom stereocenters. The van der Waals surface area contributed by atoms with Gasteiger partial charge in [-0.25, -0.2) is 18.2 Å². The van der Waals surface area contributed by atoms with Crippen LogP contribution in [0.1, 0.15) is 37.8 Å². The molecule has 1 aromatic carbocycles. The summed E-state index contributed by atoms with van der Waals surface area (Å²) in [6.45, 7) is 4.48. The molecular weight excluding hydrogens is 448 g/mol. The molecule has 1 aliphatic rings. The fourth-order valence-corrected chi connectivity index (χ4v) is 5.01. The summed E-state index contributed by atoms with van der Waals surface area (Å²) in [5, 5.41) is 6.58. The molecule has 1 fully saturated rings. The van der Waals surface area contributed by atoms with Gasteiger partial charge in [0.2, 0.25) is 0 Å². The molecule has 0 radical (unpaired) electrons. The molecule has 0 spiro atoms. The van der Waals surface area contributed by atoms with Crippen LogP contribution in [0.4, 0.5) is 20.6 Å². The van der Waals surface area contributed by atoms with Crippen LogP contribution in [0.25, 0.3) is 0 Å². The van der Waals surface area contributed by atoms with Crippen molar-refractivity contribution < 1.29 is 22.3 Å². The molecule has 2 amide bonds. The first-order valence-electron chi connectivity index (χ1n) is 10.3. The van der Waals surface area contributed by atoms with E-state index in [0.29, 0.717) is 61.4 Å². The molecule has 3 rings (SSSR count). The van der Waals surface area contributed by atoms with Crippen molar-refractivity contribution in [1.82, 2.24) is 14.5 Å². The summed E-state index contributed by atoms with van der Waals surface area (Å²) >= 11 is 0. The number of ether oxygens (including phenoxy) is 1. The van der Waals surface area contributed by atoms with Gasteiger partial charge in [0.15, 0.2) is 0 Å². The maximum atomic E-state index is 14.3. The Morgan fingerprint density at radius 1 is 1.25 bits per heavy atom. The number of aromatic nitrogens is 2. The first kappa shape index (κ1) is 26.6. The number of rotatable bonds is 7. The first-order chi connectivity index (χ1) is 14.7. The number of halogens is 1. The third-order valence-corrected chi connectivity index (χ3v) is 6.66. The Kier molecular flexibility index (Phi) is 9.53. The minimum absolute atomic E-state index is 0. The third kappa shape index (κ3) is 6.22. The molecule has 9 nitrogen and oxygen atoms in total. The van der Waals surface area contributed by atoms with Crippen molar-refractivity contribution in [3.05, 3.63) is 41.5 Å². The van der Waals surface area contributed by atoms with Crippen LogP contribution in [-0.4, -0.2) is 73.0 Å². The number of hydrogen-bond acceptors (Lipinski definition) is 5. The molecule has 1 aliphatic heterocycles. The van der Waals surface area contributed by atoms with E-state index >= 15 is 0 Å². The van der Waals surface area contributed by atoms with Crippen molar-refractivity contribution in [1.29, 1.82) is 0 Å². The Hall–Kier alpha value is -1.66. The molecule has 2 aromatic rings. The van der Waals surface area contributed by atoms with Crippen LogP contribution in [0.15, 0.2) is 24.5 Å². The monoisotopic (exact) mass is 477 g/mol. The SMILES string of the molecule is CCc1cc(NC(=O)NS(=O)(=O)N(c2cnn(C)c2)C2CCOCC2)cc(CC)c1F.[NaH]. The summed E-state index contributed by atoms with van der Waals surface area (Å²) in [6.07, 6.45) is 4.91. The Bertz CT molecular complexity index is 1020. The molecule has 0 unspecified atom stereocenters. The number of nitrogens with zero attached hydrogens (tertiary/aromatic N) is 3. The standard InChI is InChI=1S/C20H28FN5O4S.Na.H/c1-4-14-10-16(11-15(5-2)19(14)21)23-20(27)24-31(28,29)26(17-6-8-30-9-7-17)18-12-22-25(3)13-18;;/h10-13,17H,4-9H2,1-3H3,(H2,23,24,27);;. The number of hydrogen-bond donors (Lipinski definition) is 2. The first-order valence-corrected chi connectivity index (χ1v) is 11.7. The number of anilines is 2. The van der Waals surface area contributed by atoms with E-state index in [1.54, 1.807) is 13.2 Å². The van der Waals surface area contributed by atoms with Gasteiger partial charge in [-0.05, 0) is 48.9 Å². The summed E-state index contributed by atoms with van der Waals surface area (Å²) in [4.78, 5) is 12.6. The summed E-state index contributed by atoms with van der Waals surface area (Å²) in [5.74, 6) is -0.300. The van der Waals surface area contributed by atoms with Crippen LogP contribution in [0.2, 0.25) is 0 Å². The predicted molar refractivity (Wildman–Crippen MR) is 123 cm³/mol. The van der Waals surface area contributed by atoms with E-state index in [0.717, 1.165) is 0 Å². The predicted octanol–water partition coefficient (Wildman–Crippen LogP) is 2.09. The van der Waals surface area contributed by atoms with E-state index in [9.17, 15) is 17.6 Å². The van der Waals surface area contributed by atoms with Gasteiger partial charge in [0.05, 0.1) is 17.9 Å². The van der Waals surface area contributed by atoms with E-state index in [2.05, 4.69) is 15.1 Å². The molecule has 0 aliphatic carbocycles. The Balaban J connectivity index is 0.00000363. The van der Waals surface area contributed by atoms with Crippen molar-refractivity contribution in [2.45, 2.75) is 45.6 Å². The zero-order chi connectivity index (χ0) is 22.6. The van der Waals surface area contributed by atoms with E-state index in [-0.39, 0.29) is 41.4 Å². The molecule has 0 saturated carbocycles. The molecule has 1 saturated heterocycles. The van der Waals surface area contributed by atoms with Crippen molar-refractivity contribution in [3.8, 4) is 0 Å². The average molecular weight is 478 g/mol. The molecule has 2 N–H and O–H groups in total.